The molecule has 0 rings (SSSR count). The molecule has 0 aliphatic rings. The predicted octanol–water partition coefficient (Wildman–Crippen LogP) is -1.19. The first-order valence-corrected chi connectivity index (χ1v) is 7.40. The van der Waals surface area contributed by atoms with Gasteiger partial charge in [0.05, 0.1) is 12.2 Å². The summed E-state index contributed by atoms with van der Waals surface area (Å²) in [6.45, 7) is 2.31. The van der Waals surface area contributed by atoms with Crippen molar-refractivity contribution < 1.29 is 18.4 Å². The molecule has 0 aliphatic carbocycles. The van der Waals surface area contributed by atoms with E-state index >= 15 is 0 Å². The molecule has 0 spiro atoms. The van der Waals surface area contributed by atoms with Crippen LogP contribution in [0.4, 0.5) is 0 Å². The van der Waals surface area contributed by atoms with E-state index in [2.05, 4.69) is 15.2 Å². The molecule has 0 aromatic carbocycles. The van der Waals surface area contributed by atoms with Crippen molar-refractivity contribution in [2.75, 3.05) is 19.3 Å². The number of oxime groups is 1. The Morgan fingerprint density at radius 1 is 1.44 bits per heavy atom. The number of carbonyl (C=O) groups excluding carboxylic acids is 1. The van der Waals surface area contributed by atoms with Crippen LogP contribution in [0.3, 0.4) is 0 Å². The highest BCUT2D eigenvalue weighted by molar-refractivity contribution is 7.88. The lowest BCUT2D eigenvalue weighted by Crippen LogP contribution is -2.39. The fourth-order valence-electron chi connectivity index (χ4n) is 1.28. The zero-order chi connectivity index (χ0) is 14.2. The summed E-state index contributed by atoms with van der Waals surface area (Å²) in [7, 11) is -3.20. The van der Waals surface area contributed by atoms with Crippen molar-refractivity contribution in [3.05, 3.63) is 0 Å². The number of amidine groups is 1. The number of nitrogens with zero attached hydrogens (tertiary/aromatic N) is 1. The van der Waals surface area contributed by atoms with E-state index in [4.69, 9.17) is 10.9 Å². The van der Waals surface area contributed by atoms with Gasteiger partial charge in [-0.3, -0.25) is 4.79 Å². The van der Waals surface area contributed by atoms with Crippen LogP contribution in [0.5, 0.6) is 0 Å². The molecule has 1 atom stereocenters. The Balaban J connectivity index is 3.96. The molecule has 0 saturated heterocycles. The highest BCUT2D eigenvalue weighted by Gasteiger charge is 2.20. The van der Waals surface area contributed by atoms with Gasteiger partial charge < -0.3 is 16.3 Å². The normalized spacial score (nSPS) is 14.2. The number of sulfonamides is 1. The lowest BCUT2D eigenvalue weighted by atomic mass is 10.0. The Kier molecular flexibility index (Phi) is 7.29. The van der Waals surface area contributed by atoms with E-state index in [0.29, 0.717) is 19.4 Å². The van der Waals surface area contributed by atoms with Gasteiger partial charge in [-0.05, 0) is 12.8 Å². The highest BCUT2D eigenvalue weighted by Crippen LogP contribution is 2.02. The van der Waals surface area contributed by atoms with Gasteiger partial charge >= 0.3 is 0 Å². The maximum absolute atomic E-state index is 11.6. The standard InChI is InChI=1S/C9H20N4O4S/c1-3-7(8(10)13-15)9(14)11-5-4-6-12-18(2,16)17/h7,12,15H,3-6H2,1-2H3,(H2,10,13)(H,11,14). The molecule has 0 bridgehead atoms. The Hall–Kier alpha value is -1.35. The van der Waals surface area contributed by atoms with E-state index < -0.39 is 15.9 Å². The fraction of sp³-hybridized carbons (Fsp3) is 0.778. The minimum Gasteiger partial charge on any atom is -0.409 e. The molecule has 18 heavy (non-hydrogen) atoms. The predicted molar refractivity (Wildman–Crippen MR) is 67.7 cm³/mol. The Labute approximate surface area is 107 Å². The van der Waals surface area contributed by atoms with Gasteiger partial charge in [-0.15, -0.1) is 0 Å². The number of rotatable bonds is 8. The summed E-state index contributed by atoms with van der Waals surface area (Å²) >= 11 is 0. The van der Waals surface area contributed by atoms with Gasteiger partial charge in [0.25, 0.3) is 0 Å². The average Bonchev–Trinajstić information content (AvgIpc) is 2.27. The third-order valence-corrected chi connectivity index (χ3v) is 2.94. The first-order chi connectivity index (χ1) is 8.31. The second kappa shape index (κ2) is 7.88. The van der Waals surface area contributed by atoms with Gasteiger partial charge in [-0.25, -0.2) is 13.1 Å². The van der Waals surface area contributed by atoms with Crippen LogP contribution in [0.2, 0.25) is 0 Å². The molecule has 1 amide bonds. The lowest BCUT2D eigenvalue weighted by molar-refractivity contribution is -0.123. The van der Waals surface area contributed by atoms with Crippen molar-refractivity contribution in [2.24, 2.45) is 16.8 Å². The molecule has 0 aromatic heterocycles. The van der Waals surface area contributed by atoms with Crippen LogP contribution in [0.15, 0.2) is 5.16 Å². The van der Waals surface area contributed by atoms with E-state index in [1.54, 1.807) is 6.92 Å². The van der Waals surface area contributed by atoms with Crippen molar-refractivity contribution in [3.63, 3.8) is 0 Å². The zero-order valence-electron chi connectivity index (χ0n) is 10.5. The number of nitrogens with two attached hydrogens (primary N) is 1. The molecule has 0 fully saturated rings. The SMILES string of the molecule is CCC(C(=O)NCCCNS(C)(=O)=O)C(N)=NO. The van der Waals surface area contributed by atoms with E-state index in [-0.39, 0.29) is 18.3 Å². The molecule has 8 nitrogen and oxygen atoms in total. The van der Waals surface area contributed by atoms with Gasteiger partial charge in [-0.2, -0.15) is 0 Å². The molecular weight excluding hydrogens is 260 g/mol. The summed E-state index contributed by atoms with van der Waals surface area (Å²) < 4.78 is 23.8. The molecule has 9 heteroatoms. The first-order valence-electron chi connectivity index (χ1n) is 5.51. The fourth-order valence-corrected chi connectivity index (χ4v) is 1.79. The van der Waals surface area contributed by atoms with E-state index in [1.807, 2.05) is 0 Å². The average molecular weight is 280 g/mol. The Bertz CT molecular complexity index is 393. The van der Waals surface area contributed by atoms with Gasteiger partial charge in [0, 0.05) is 13.1 Å². The van der Waals surface area contributed by atoms with E-state index in [9.17, 15) is 13.2 Å². The molecule has 5 N–H and O–H groups in total. The summed E-state index contributed by atoms with van der Waals surface area (Å²) in [6.07, 6.45) is 1.95. The topological polar surface area (TPSA) is 134 Å². The van der Waals surface area contributed by atoms with Gasteiger partial charge in [0.15, 0.2) is 5.84 Å². The second-order valence-electron chi connectivity index (χ2n) is 3.80. The largest absolute Gasteiger partial charge is 0.409 e. The van der Waals surface area contributed by atoms with Crippen LogP contribution in [-0.4, -0.2) is 44.7 Å². The third-order valence-electron chi connectivity index (χ3n) is 2.21. The molecule has 0 radical (unpaired) electrons. The van der Waals surface area contributed by atoms with Crippen LogP contribution in [0, 0.1) is 5.92 Å². The molecular formula is C9H20N4O4S. The summed E-state index contributed by atoms with van der Waals surface area (Å²) in [5.74, 6) is -1.14. The Morgan fingerprint density at radius 2 is 2.06 bits per heavy atom. The zero-order valence-corrected chi connectivity index (χ0v) is 11.3. The van der Waals surface area contributed by atoms with Crippen LogP contribution < -0.4 is 15.8 Å². The van der Waals surface area contributed by atoms with E-state index in [0.717, 1.165) is 6.26 Å². The molecule has 0 aliphatic heterocycles. The number of carbonyl (C=O) groups is 1. The van der Waals surface area contributed by atoms with Crippen LogP contribution in [-0.2, 0) is 14.8 Å². The minimum atomic E-state index is -3.20. The summed E-state index contributed by atoms with van der Waals surface area (Å²) in [6, 6.07) is 0. The van der Waals surface area contributed by atoms with E-state index in [1.165, 1.54) is 0 Å². The van der Waals surface area contributed by atoms with Crippen molar-refractivity contribution in [1.29, 1.82) is 0 Å². The first kappa shape index (κ1) is 16.6. The summed E-state index contributed by atoms with van der Waals surface area (Å²) in [4.78, 5) is 11.6. The van der Waals surface area contributed by atoms with Crippen LogP contribution >= 0.6 is 0 Å². The number of amides is 1. The van der Waals surface area contributed by atoms with Gasteiger partial charge in [-0.1, -0.05) is 12.1 Å². The van der Waals surface area contributed by atoms with Crippen molar-refractivity contribution in [2.45, 2.75) is 19.8 Å². The molecule has 0 heterocycles. The lowest BCUT2D eigenvalue weighted by Gasteiger charge is -2.13. The van der Waals surface area contributed by atoms with Crippen LogP contribution in [0.1, 0.15) is 19.8 Å². The summed E-state index contributed by atoms with van der Waals surface area (Å²) in [5.41, 5.74) is 5.36. The third kappa shape index (κ3) is 7.07. The van der Waals surface area contributed by atoms with Crippen molar-refractivity contribution in [3.8, 4) is 0 Å². The molecule has 1 unspecified atom stereocenters. The molecule has 106 valence electrons. The van der Waals surface area contributed by atoms with Crippen molar-refractivity contribution >= 4 is 21.8 Å². The van der Waals surface area contributed by atoms with Gasteiger partial charge in [0.1, 0.15) is 0 Å². The Morgan fingerprint density at radius 3 is 2.50 bits per heavy atom. The highest BCUT2D eigenvalue weighted by atomic mass is 32.2. The second-order valence-corrected chi connectivity index (χ2v) is 5.63. The number of nitrogens with one attached hydrogen (secondary N) is 2. The van der Waals surface area contributed by atoms with Gasteiger partial charge in [0.2, 0.25) is 15.9 Å². The van der Waals surface area contributed by atoms with Crippen LogP contribution in [0.25, 0.3) is 0 Å². The quantitative estimate of drug-likeness (QED) is 0.146. The smallest absolute Gasteiger partial charge is 0.230 e. The number of hydrogen-bond acceptors (Lipinski definition) is 5. The maximum atomic E-state index is 11.6. The monoisotopic (exact) mass is 280 g/mol. The molecule has 0 aromatic rings. The number of hydrogen-bond donors (Lipinski definition) is 4. The molecule has 0 saturated carbocycles. The van der Waals surface area contributed by atoms with Crippen molar-refractivity contribution in [1.82, 2.24) is 10.0 Å². The minimum absolute atomic E-state index is 0.135. The maximum Gasteiger partial charge on any atom is 0.230 e. The summed E-state index contributed by atoms with van der Waals surface area (Å²) in [5, 5.41) is 13.9.